The highest BCUT2D eigenvalue weighted by molar-refractivity contribution is 7.44. The van der Waals surface area contributed by atoms with Gasteiger partial charge in [0.15, 0.2) is 5.75 Å². The molecular formula is C56H73N12O12P. The van der Waals surface area contributed by atoms with Gasteiger partial charge in [-0.15, -0.1) is 15.3 Å². The fraction of sp³-hybridized carbons (Fsp3) is 0.518. The lowest BCUT2D eigenvalue weighted by Crippen LogP contribution is -2.35. The number of hydrogen-bond acceptors (Lipinski definition) is 19. The summed E-state index contributed by atoms with van der Waals surface area (Å²) < 4.78 is 40.3. The van der Waals surface area contributed by atoms with Crippen LogP contribution in [0.4, 0.5) is 34.1 Å². The Bertz CT molecular complexity index is 3080. The third-order valence-corrected chi connectivity index (χ3v) is 15.9. The van der Waals surface area contributed by atoms with Crippen LogP contribution in [0.25, 0.3) is 6.08 Å². The van der Waals surface area contributed by atoms with Gasteiger partial charge in [0, 0.05) is 98.9 Å². The number of rotatable bonds is 29. The molecule has 81 heavy (non-hydrogen) atoms. The number of carbonyl (C=O) groups is 2. The van der Waals surface area contributed by atoms with Crippen LogP contribution in [0.15, 0.2) is 84.8 Å². The summed E-state index contributed by atoms with van der Waals surface area (Å²) >= 11 is 0. The van der Waals surface area contributed by atoms with E-state index >= 15 is 0 Å². The number of nitro benzene ring substituents is 1. The predicted octanol–water partition coefficient (Wildman–Crippen LogP) is 10.2. The Labute approximate surface area is 472 Å². The number of aromatic amines is 1. The molecule has 3 aliphatic heterocycles. The van der Waals surface area contributed by atoms with E-state index in [2.05, 4.69) is 52.7 Å². The Kier molecular flexibility index (Phi) is 22.6. The number of methoxy groups -OCH3 is 2. The van der Waals surface area contributed by atoms with Crippen molar-refractivity contribution in [2.24, 2.45) is 20.5 Å². The highest BCUT2D eigenvalue weighted by Crippen LogP contribution is 2.51. The fourth-order valence-corrected chi connectivity index (χ4v) is 11.7. The van der Waals surface area contributed by atoms with Crippen molar-refractivity contribution in [1.82, 2.24) is 24.9 Å². The molecule has 0 spiro atoms. The summed E-state index contributed by atoms with van der Waals surface area (Å²) in [5.41, 5.74) is 3.99. The molecular weight excluding hydrogens is 1060 g/mol. The number of azo groups is 2. The van der Waals surface area contributed by atoms with E-state index in [-0.39, 0.29) is 67.9 Å². The first-order chi connectivity index (χ1) is 39.1. The zero-order chi connectivity index (χ0) is 58.0. The highest BCUT2D eigenvalue weighted by atomic mass is 31.2. The molecule has 2 unspecified atom stereocenters. The first kappa shape index (κ1) is 61.2. The van der Waals surface area contributed by atoms with Crippen LogP contribution in [0, 0.1) is 21.4 Å². The number of anilines is 1. The molecule has 1 fully saturated rings. The molecule has 1 aromatic heterocycles. The van der Waals surface area contributed by atoms with Gasteiger partial charge >= 0.3 is 5.69 Å². The Morgan fingerprint density at radius 3 is 2.28 bits per heavy atom. The second kappa shape index (κ2) is 29.9. The number of unbranched alkanes of at least 4 members (excludes halogenated alkanes) is 2. The molecule has 4 atom stereocenters. The number of non-ortho nitro benzene ring substituents is 1. The normalized spacial score (nSPS) is 17.3. The van der Waals surface area contributed by atoms with Crippen molar-refractivity contribution in [3.05, 3.63) is 102 Å². The topological polar surface area (TPSA) is 291 Å². The number of aromatic nitrogens is 2. The van der Waals surface area contributed by atoms with E-state index in [9.17, 15) is 29.3 Å². The van der Waals surface area contributed by atoms with Crippen LogP contribution < -0.4 is 41.0 Å². The van der Waals surface area contributed by atoms with Crippen LogP contribution >= 0.6 is 8.53 Å². The number of ether oxygens (including phenoxy) is 4. The standard InChI is InChI=1S/C56H73N12O12P/c1-8-46-49(80-81(78-30-14-24-57)67(36(2)3)37(4)5)34-52(79-46)66-35-39(55(71)60-56(66)72)18-23-51(70)59-26-25-58-50(69)17-10-9-11-29-77-54-42-16-13-28-65-27-12-15-38(53(42)65)31-45(54)64-63-44-33-47(75-6)43(32-48(44)76-7)62-61-40-19-21-41(22-20-40)68(73)74/h18-23,31-33,35-37,46,49,52H,8-17,25-30,34H2,1-7H3,(H,58,69)(H,59,70)(H,60,71,72)/b23-18+,62-61+,64-63+/t46-,49?,52-,81?/m1/s1. The van der Waals surface area contributed by atoms with E-state index in [1.807, 2.05) is 34.6 Å². The van der Waals surface area contributed by atoms with Crippen molar-refractivity contribution in [1.29, 1.82) is 5.26 Å². The summed E-state index contributed by atoms with van der Waals surface area (Å²) in [7, 11) is 1.45. The minimum absolute atomic E-state index is 0.0549. The molecule has 0 bridgehead atoms. The monoisotopic (exact) mass is 1140 g/mol. The van der Waals surface area contributed by atoms with E-state index in [1.165, 1.54) is 72.7 Å². The summed E-state index contributed by atoms with van der Waals surface area (Å²) in [6.45, 7) is 13.1. The maximum atomic E-state index is 13.1. The van der Waals surface area contributed by atoms with Crippen molar-refractivity contribution < 1.29 is 42.5 Å². The van der Waals surface area contributed by atoms with Gasteiger partial charge in [-0.25, -0.2) is 9.46 Å². The molecule has 3 N–H and O–H groups in total. The van der Waals surface area contributed by atoms with Gasteiger partial charge in [0.2, 0.25) is 11.8 Å². The van der Waals surface area contributed by atoms with Crippen molar-refractivity contribution >= 4 is 60.5 Å². The van der Waals surface area contributed by atoms with Crippen molar-refractivity contribution in [2.45, 2.75) is 136 Å². The molecule has 0 saturated carbocycles. The Morgan fingerprint density at radius 1 is 0.938 bits per heavy atom. The summed E-state index contributed by atoms with van der Waals surface area (Å²) in [5.74, 6) is 0.769. The number of amides is 2. The van der Waals surface area contributed by atoms with Gasteiger partial charge in [-0.05, 0) is 109 Å². The van der Waals surface area contributed by atoms with E-state index in [0.717, 1.165) is 50.8 Å². The molecule has 0 radical (unpaired) electrons. The Morgan fingerprint density at radius 2 is 1.62 bits per heavy atom. The number of nitrogens with one attached hydrogen (secondary N) is 3. The molecule has 434 valence electrons. The van der Waals surface area contributed by atoms with Crippen LogP contribution in [-0.2, 0) is 36.2 Å². The number of nitrogens with zero attached hydrogens (tertiary/aromatic N) is 9. The molecule has 7 rings (SSSR count). The van der Waals surface area contributed by atoms with Crippen LogP contribution in [0.3, 0.4) is 0 Å². The maximum absolute atomic E-state index is 13.1. The highest BCUT2D eigenvalue weighted by Gasteiger charge is 2.41. The van der Waals surface area contributed by atoms with Crippen molar-refractivity contribution in [3.63, 3.8) is 0 Å². The summed E-state index contributed by atoms with van der Waals surface area (Å²) in [6, 6.07) is 13.3. The van der Waals surface area contributed by atoms with E-state index in [4.69, 9.17) is 38.4 Å². The maximum Gasteiger partial charge on any atom is 0.330 e. The van der Waals surface area contributed by atoms with Gasteiger partial charge in [0.05, 0.1) is 68.3 Å². The smallest absolute Gasteiger partial charge is 0.330 e. The number of nitro groups is 1. The number of H-pyrrole nitrogens is 1. The molecule has 4 heterocycles. The summed E-state index contributed by atoms with van der Waals surface area (Å²) in [5, 5.41) is 43.7. The van der Waals surface area contributed by atoms with Crippen LogP contribution in [0.2, 0.25) is 0 Å². The number of carbonyl (C=O) groups excluding carboxylic acids is 2. The Hall–Kier alpha value is -7.42. The average Bonchev–Trinajstić information content (AvgIpc) is 4.04. The van der Waals surface area contributed by atoms with Gasteiger partial charge < -0.3 is 43.5 Å². The fourth-order valence-electron chi connectivity index (χ4n) is 9.96. The van der Waals surface area contributed by atoms with Crippen LogP contribution in [-0.4, -0.2) is 109 Å². The molecule has 2 amide bonds. The number of aryl methyl sites for hydroxylation is 1. The number of hydrogen-bond donors (Lipinski definition) is 3. The van der Waals surface area contributed by atoms with E-state index < -0.39 is 42.9 Å². The first-order valence-corrected chi connectivity index (χ1v) is 28.6. The zero-order valence-corrected chi connectivity index (χ0v) is 47.9. The van der Waals surface area contributed by atoms with Gasteiger partial charge in [-0.3, -0.25) is 34.0 Å². The lowest BCUT2D eigenvalue weighted by molar-refractivity contribution is -0.384. The lowest BCUT2D eigenvalue weighted by Gasteiger charge is -2.37. The minimum Gasteiger partial charge on any atom is -0.494 e. The molecule has 3 aliphatic rings. The van der Waals surface area contributed by atoms with Gasteiger partial charge in [0.25, 0.3) is 19.8 Å². The molecule has 3 aromatic carbocycles. The molecule has 25 heteroatoms. The van der Waals surface area contributed by atoms with Gasteiger partial charge in [0.1, 0.15) is 34.8 Å². The summed E-state index contributed by atoms with van der Waals surface area (Å²) in [4.78, 5) is 66.9. The van der Waals surface area contributed by atoms with E-state index in [1.54, 1.807) is 12.1 Å². The zero-order valence-electron chi connectivity index (χ0n) is 47.1. The van der Waals surface area contributed by atoms with Gasteiger partial charge in [-0.2, -0.15) is 10.4 Å². The first-order valence-electron chi connectivity index (χ1n) is 27.5. The second-order valence-electron chi connectivity index (χ2n) is 20.1. The average molecular weight is 1140 g/mol. The number of benzene rings is 3. The minimum atomic E-state index is -1.57. The SMILES string of the molecule is CC[C@H]1O[C@@H](n2cc(/C=C/C(=O)NCCNC(=O)CCCCCOc3c(/N=N/c4cc(OC)c(/N=N/c5ccc([N+](=O)[O-])cc5)cc4OC)cc4c5c3CCCN5CCC4)c(=O)[nH]c2=O)CC1OP(OCCC#N)N(C(C)C)C(C)C. The Balaban J connectivity index is 0.885. The quantitative estimate of drug-likeness (QED) is 0.0114. The van der Waals surface area contributed by atoms with Gasteiger partial charge in [-0.1, -0.05) is 6.92 Å². The van der Waals surface area contributed by atoms with Crippen molar-refractivity contribution in [2.75, 3.05) is 58.5 Å². The largest absolute Gasteiger partial charge is 0.494 e. The van der Waals surface area contributed by atoms with Crippen LogP contribution in [0.1, 0.15) is 115 Å². The molecule has 1 saturated heterocycles. The van der Waals surface area contributed by atoms with Crippen LogP contribution in [0.5, 0.6) is 17.2 Å². The predicted molar refractivity (Wildman–Crippen MR) is 306 cm³/mol. The number of nitriles is 1. The van der Waals surface area contributed by atoms with E-state index in [0.29, 0.717) is 72.3 Å². The lowest BCUT2D eigenvalue weighted by atomic mass is 9.90. The third kappa shape index (κ3) is 16.4. The van der Waals surface area contributed by atoms with Crippen molar-refractivity contribution in [3.8, 4) is 23.3 Å². The second-order valence-corrected chi connectivity index (χ2v) is 21.5. The molecule has 0 aliphatic carbocycles. The molecule has 4 aromatic rings. The molecule has 24 nitrogen and oxygen atoms in total. The third-order valence-electron chi connectivity index (χ3n) is 13.8. The summed E-state index contributed by atoms with van der Waals surface area (Å²) in [6.07, 6.45) is 9.49.